The van der Waals surface area contributed by atoms with E-state index in [0.717, 1.165) is 26.1 Å². The molecular formula is C21H26N3O3S+. The third-order valence-corrected chi connectivity index (χ3v) is 7.40. The van der Waals surface area contributed by atoms with E-state index in [2.05, 4.69) is 29.6 Å². The summed E-state index contributed by atoms with van der Waals surface area (Å²) in [5.74, 6) is 0.0976. The molecule has 2 N–H and O–H groups in total. The summed E-state index contributed by atoms with van der Waals surface area (Å²) in [6.45, 7) is 3.46. The van der Waals surface area contributed by atoms with E-state index in [9.17, 15) is 13.2 Å². The van der Waals surface area contributed by atoms with Crippen molar-refractivity contribution >= 4 is 21.6 Å². The third kappa shape index (κ3) is 4.20. The minimum absolute atomic E-state index is 0.0956. The lowest BCUT2D eigenvalue weighted by atomic mass is 10.1. The molecule has 2 fully saturated rings. The molecule has 2 aliphatic heterocycles. The Balaban J connectivity index is 1.33. The standard InChI is InChI=1S/C21H25N3O3S/c25-21(18-7-9-20(10-8-18)24-12-4-14-28(24,26)27)22-19-11-13-23(16-19)15-17-5-2-1-3-6-17/h1-3,5-10,19H,4,11-16H2,(H,22,25)/p+1/t19-/m0/s1. The molecule has 2 heterocycles. The zero-order valence-electron chi connectivity index (χ0n) is 15.8. The van der Waals surface area contributed by atoms with Gasteiger partial charge in [0, 0.05) is 24.1 Å². The number of nitrogens with one attached hydrogen (secondary N) is 2. The summed E-state index contributed by atoms with van der Waals surface area (Å²) in [4.78, 5) is 14.1. The first-order chi connectivity index (χ1) is 13.5. The van der Waals surface area contributed by atoms with Crippen molar-refractivity contribution in [2.75, 3.05) is 29.7 Å². The number of rotatable bonds is 5. The van der Waals surface area contributed by atoms with Gasteiger partial charge in [-0.2, -0.15) is 0 Å². The lowest BCUT2D eigenvalue weighted by molar-refractivity contribution is -0.901. The van der Waals surface area contributed by atoms with Crippen molar-refractivity contribution in [1.29, 1.82) is 0 Å². The van der Waals surface area contributed by atoms with Crippen LogP contribution in [0.25, 0.3) is 0 Å². The number of quaternary nitrogens is 1. The summed E-state index contributed by atoms with van der Waals surface area (Å²) >= 11 is 0. The SMILES string of the molecule is O=C(N[C@H]1CC[NH+](Cc2ccccc2)C1)c1ccc(N2CCCS2(=O)=O)cc1. The summed E-state index contributed by atoms with van der Waals surface area (Å²) < 4.78 is 25.5. The fourth-order valence-corrected chi connectivity index (χ4v) is 5.64. The number of anilines is 1. The molecule has 6 nitrogen and oxygen atoms in total. The predicted molar refractivity (Wildman–Crippen MR) is 109 cm³/mol. The maximum atomic E-state index is 12.6. The van der Waals surface area contributed by atoms with E-state index in [0.29, 0.717) is 24.2 Å². The molecule has 2 atom stereocenters. The molecule has 2 saturated heterocycles. The number of carbonyl (C=O) groups excluding carboxylic acids is 1. The van der Waals surface area contributed by atoms with Gasteiger partial charge >= 0.3 is 0 Å². The molecule has 4 rings (SSSR count). The topological polar surface area (TPSA) is 70.9 Å². The zero-order valence-corrected chi connectivity index (χ0v) is 16.6. The summed E-state index contributed by atoms with van der Waals surface area (Å²) in [5.41, 5.74) is 2.52. The van der Waals surface area contributed by atoms with Crippen molar-refractivity contribution in [1.82, 2.24) is 5.32 Å². The van der Waals surface area contributed by atoms with E-state index >= 15 is 0 Å². The third-order valence-electron chi connectivity index (χ3n) is 5.53. The Hall–Kier alpha value is -2.38. The predicted octanol–water partition coefficient (Wildman–Crippen LogP) is 0.814. The van der Waals surface area contributed by atoms with Crippen molar-refractivity contribution < 1.29 is 18.1 Å². The molecule has 0 radical (unpaired) electrons. The molecule has 1 unspecified atom stereocenters. The molecular weight excluding hydrogens is 374 g/mol. The van der Waals surface area contributed by atoms with Gasteiger partial charge in [0.25, 0.3) is 5.91 Å². The van der Waals surface area contributed by atoms with Crippen LogP contribution in [0.3, 0.4) is 0 Å². The lowest BCUT2D eigenvalue weighted by Gasteiger charge is -2.17. The van der Waals surface area contributed by atoms with Gasteiger partial charge in [-0.25, -0.2) is 8.42 Å². The molecule has 7 heteroatoms. The fraction of sp³-hybridized carbons (Fsp3) is 0.381. The first kappa shape index (κ1) is 19.0. The number of hydrogen-bond acceptors (Lipinski definition) is 3. The molecule has 28 heavy (non-hydrogen) atoms. The molecule has 0 aromatic heterocycles. The van der Waals surface area contributed by atoms with Crippen molar-refractivity contribution in [2.45, 2.75) is 25.4 Å². The molecule has 0 spiro atoms. The second-order valence-corrected chi connectivity index (χ2v) is 9.63. The van der Waals surface area contributed by atoms with Gasteiger partial charge < -0.3 is 10.2 Å². The van der Waals surface area contributed by atoms with Crippen LogP contribution < -0.4 is 14.5 Å². The second-order valence-electron chi connectivity index (χ2n) is 7.61. The minimum Gasteiger partial charge on any atom is -0.343 e. The van der Waals surface area contributed by atoms with Gasteiger partial charge in [-0.15, -0.1) is 0 Å². The molecule has 0 bridgehead atoms. The van der Waals surface area contributed by atoms with Gasteiger partial charge in [0.2, 0.25) is 10.0 Å². The highest BCUT2D eigenvalue weighted by molar-refractivity contribution is 7.93. The highest BCUT2D eigenvalue weighted by Crippen LogP contribution is 2.24. The Morgan fingerprint density at radius 1 is 1.11 bits per heavy atom. The van der Waals surface area contributed by atoms with Crippen molar-refractivity contribution in [3.8, 4) is 0 Å². The van der Waals surface area contributed by atoms with Gasteiger partial charge in [-0.05, 0) is 30.7 Å². The van der Waals surface area contributed by atoms with Crippen LogP contribution in [0, 0.1) is 0 Å². The summed E-state index contributed by atoms with van der Waals surface area (Å²) in [6.07, 6.45) is 1.62. The van der Waals surface area contributed by atoms with Crippen LogP contribution in [-0.4, -0.2) is 45.8 Å². The molecule has 2 aromatic carbocycles. The van der Waals surface area contributed by atoms with Gasteiger partial charge in [-0.3, -0.25) is 9.10 Å². The highest BCUT2D eigenvalue weighted by atomic mass is 32.2. The van der Waals surface area contributed by atoms with E-state index in [1.54, 1.807) is 24.3 Å². The van der Waals surface area contributed by atoms with E-state index in [4.69, 9.17) is 0 Å². The van der Waals surface area contributed by atoms with Crippen LogP contribution >= 0.6 is 0 Å². The fourth-order valence-electron chi connectivity index (χ4n) is 4.08. The van der Waals surface area contributed by atoms with Gasteiger partial charge in [0.05, 0.1) is 30.6 Å². The molecule has 2 aromatic rings. The second kappa shape index (κ2) is 7.93. The molecule has 1 amide bonds. The van der Waals surface area contributed by atoms with Crippen LogP contribution in [0.4, 0.5) is 5.69 Å². The maximum absolute atomic E-state index is 12.6. The van der Waals surface area contributed by atoms with Gasteiger partial charge in [0.1, 0.15) is 6.54 Å². The Morgan fingerprint density at radius 3 is 2.54 bits per heavy atom. The largest absolute Gasteiger partial charge is 0.343 e. The Labute approximate surface area is 166 Å². The molecule has 2 aliphatic rings. The Bertz CT molecular complexity index is 929. The zero-order chi connectivity index (χ0) is 19.6. The van der Waals surface area contributed by atoms with E-state index in [-0.39, 0.29) is 17.7 Å². The minimum atomic E-state index is -3.19. The molecule has 148 valence electrons. The Kier molecular flexibility index (Phi) is 5.37. The normalized spacial score (nSPS) is 23.6. The van der Waals surface area contributed by atoms with Crippen LogP contribution in [0.15, 0.2) is 54.6 Å². The van der Waals surface area contributed by atoms with Crippen LogP contribution in [0.2, 0.25) is 0 Å². The smallest absolute Gasteiger partial charge is 0.251 e. The molecule has 0 saturated carbocycles. The average Bonchev–Trinajstić information content (AvgIpc) is 3.28. The first-order valence-electron chi connectivity index (χ1n) is 9.80. The van der Waals surface area contributed by atoms with E-state index in [1.165, 1.54) is 14.8 Å². The average molecular weight is 401 g/mol. The number of likely N-dealkylation sites (tertiary alicyclic amines) is 1. The molecule has 0 aliphatic carbocycles. The van der Waals surface area contributed by atoms with Crippen LogP contribution in [-0.2, 0) is 16.6 Å². The van der Waals surface area contributed by atoms with Crippen LogP contribution in [0.1, 0.15) is 28.8 Å². The van der Waals surface area contributed by atoms with E-state index < -0.39 is 10.0 Å². The summed E-state index contributed by atoms with van der Waals surface area (Å²) in [6, 6.07) is 17.5. The van der Waals surface area contributed by atoms with Crippen molar-refractivity contribution in [3.05, 3.63) is 65.7 Å². The number of amides is 1. The monoisotopic (exact) mass is 400 g/mol. The van der Waals surface area contributed by atoms with E-state index in [1.807, 2.05) is 6.07 Å². The number of nitrogens with zero attached hydrogens (tertiary/aromatic N) is 1. The summed E-state index contributed by atoms with van der Waals surface area (Å²) in [7, 11) is -3.19. The lowest BCUT2D eigenvalue weighted by Crippen LogP contribution is -3.09. The van der Waals surface area contributed by atoms with Gasteiger partial charge in [-0.1, -0.05) is 30.3 Å². The summed E-state index contributed by atoms with van der Waals surface area (Å²) in [5, 5.41) is 3.12. The number of carbonyl (C=O) groups is 1. The Morgan fingerprint density at radius 2 is 1.86 bits per heavy atom. The first-order valence-corrected chi connectivity index (χ1v) is 11.4. The maximum Gasteiger partial charge on any atom is 0.251 e. The highest BCUT2D eigenvalue weighted by Gasteiger charge is 2.29. The number of benzene rings is 2. The van der Waals surface area contributed by atoms with Crippen molar-refractivity contribution in [3.63, 3.8) is 0 Å². The van der Waals surface area contributed by atoms with Crippen molar-refractivity contribution in [2.24, 2.45) is 0 Å². The number of sulfonamides is 1. The quantitative estimate of drug-likeness (QED) is 0.781. The van der Waals surface area contributed by atoms with Crippen LogP contribution in [0.5, 0.6) is 0 Å². The number of hydrogen-bond donors (Lipinski definition) is 2. The van der Waals surface area contributed by atoms with Gasteiger partial charge in [0.15, 0.2) is 0 Å².